The Morgan fingerprint density at radius 3 is 2.55 bits per heavy atom. The van der Waals surface area contributed by atoms with Gasteiger partial charge < -0.3 is 8.94 Å². The lowest BCUT2D eigenvalue weighted by Gasteiger charge is -2.29. The first-order chi connectivity index (χ1) is 13.9. The Labute approximate surface area is 164 Å². The Hall–Kier alpha value is -3.46. The second kappa shape index (κ2) is 7.17. The van der Waals surface area contributed by atoms with Crippen LogP contribution in [0.25, 0.3) is 22.1 Å². The highest BCUT2D eigenvalue weighted by Crippen LogP contribution is 2.37. The van der Waals surface area contributed by atoms with E-state index >= 15 is 0 Å². The highest BCUT2D eigenvalue weighted by atomic mass is 16.6. The fraction of sp³-hybridized carbons (Fsp3) is 0.300. The van der Waals surface area contributed by atoms with Crippen molar-refractivity contribution in [2.75, 3.05) is 13.1 Å². The summed E-state index contributed by atoms with van der Waals surface area (Å²) in [7, 11) is 0. The zero-order valence-corrected chi connectivity index (χ0v) is 16.0. The Morgan fingerprint density at radius 1 is 1.14 bits per heavy atom. The van der Waals surface area contributed by atoms with Crippen LogP contribution in [0.5, 0.6) is 0 Å². The molecule has 0 radical (unpaired) electrons. The van der Waals surface area contributed by atoms with Crippen LogP contribution in [-0.2, 0) is 0 Å². The van der Waals surface area contributed by atoms with Crippen molar-refractivity contribution in [1.82, 2.24) is 9.47 Å². The molecule has 0 spiro atoms. The van der Waals surface area contributed by atoms with Gasteiger partial charge in [-0.3, -0.25) is 15.0 Å². The first kappa shape index (κ1) is 18.9. The molecule has 9 nitrogen and oxygen atoms in total. The second-order valence-electron chi connectivity index (χ2n) is 7.13. The normalized spacial score (nSPS) is 15.1. The van der Waals surface area contributed by atoms with E-state index in [2.05, 4.69) is 18.7 Å². The molecule has 4 rings (SSSR count). The van der Waals surface area contributed by atoms with E-state index in [4.69, 9.17) is 8.94 Å². The van der Waals surface area contributed by atoms with Crippen LogP contribution in [0.4, 0.5) is 5.69 Å². The van der Waals surface area contributed by atoms with Crippen molar-refractivity contribution in [2.24, 2.45) is 0 Å². The van der Waals surface area contributed by atoms with Crippen LogP contribution >= 0.6 is 0 Å². The topological polar surface area (TPSA) is 111 Å². The monoisotopic (exact) mass is 397 g/mol. The molecule has 1 aromatic carbocycles. The van der Waals surface area contributed by atoms with Gasteiger partial charge >= 0.3 is 11.3 Å². The maximum atomic E-state index is 12.2. The Balaban J connectivity index is 2.16. The zero-order valence-electron chi connectivity index (χ0n) is 16.0. The molecule has 0 saturated heterocycles. The lowest BCUT2D eigenvalue weighted by Crippen LogP contribution is -2.34. The fourth-order valence-corrected chi connectivity index (χ4v) is 3.64. The van der Waals surface area contributed by atoms with Crippen LogP contribution < -0.4 is 11.3 Å². The van der Waals surface area contributed by atoms with E-state index in [1.165, 1.54) is 16.7 Å². The van der Waals surface area contributed by atoms with Gasteiger partial charge in [0.15, 0.2) is 5.58 Å². The lowest BCUT2D eigenvalue weighted by molar-refractivity contribution is -0.383. The smallest absolute Gasteiger partial charge is 0.356 e. The number of hydrogen-bond donors (Lipinski definition) is 0. The van der Waals surface area contributed by atoms with E-state index in [-0.39, 0.29) is 22.2 Å². The first-order valence-electron chi connectivity index (χ1n) is 9.24. The minimum Gasteiger partial charge on any atom is -0.420 e. The zero-order chi connectivity index (χ0) is 20.7. The molecule has 0 atom stereocenters. The molecule has 9 heteroatoms. The summed E-state index contributed by atoms with van der Waals surface area (Å²) in [4.78, 5) is 37.7. The SMILES string of the molecule is CC(C)N1CC=C(c2c3oc(=O)ccc(=O)on2c2cccc([N+](=O)[O-])c32)CC1. The Morgan fingerprint density at radius 2 is 1.90 bits per heavy atom. The van der Waals surface area contributed by atoms with Gasteiger partial charge in [-0.2, -0.15) is 4.57 Å². The van der Waals surface area contributed by atoms with E-state index in [0.717, 1.165) is 24.3 Å². The van der Waals surface area contributed by atoms with Gasteiger partial charge in [-0.15, -0.1) is 0 Å². The first-order valence-corrected chi connectivity index (χ1v) is 9.24. The molecule has 2 aromatic heterocycles. The third-order valence-corrected chi connectivity index (χ3v) is 5.10. The Kier molecular flexibility index (Phi) is 4.67. The van der Waals surface area contributed by atoms with Gasteiger partial charge in [0.25, 0.3) is 5.69 Å². The van der Waals surface area contributed by atoms with Crippen molar-refractivity contribution in [2.45, 2.75) is 26.3 Å². The molecule has 0 unspecified atom stereocenters. The lowest BCUT2D eigenvalue weighted by atomic mass is 10.0. The van der Waals surface area contributed by atoms with Crippen LogP contribution in [0.15, 0.2) is 54.9 Å². The molecule has 2 bridgehead atoms. The maximum Gasteiger partial charge on any atom is 0.356 e. The number of rotatable bonds is 3. The molecular formula is C20H19N3O6. The highest BCUT2D eigenvalue weighted by molar-refractivity contribution is 6.06. The highest BCUT2D eigenvalue weighted by Gasteiger charge is 2.27. The molecule has 1 aliphatic rings. The molecule has 29 heavy (non-hydrogen) atoms. The number of hydrogen-bond acceptors (Lipinski definition) is 7. The molecule has 0 aliphatic carbocycles. The molecule has 0 N–H and O–H groups in total. The van der Waals surface area contributed by atoms with E-state index < -0.39 is 16.2 Å². The molecule has 0 amide bonds. The van der Waals surface area contributed by atoms with E-state index in [0.29, 0.717) is 24.7 Å². The maximum absolute atomic E-state index is 12.2. The average molecular weight is 397 g/mol. The summed E-state index contributed by atoms with van der Waals surface area (Å²) < 4.78 is 12.2. The summed E-state index contributed by atoms with van der Waals surface area (Å²) in [6.45, 7) is 5.62. The molecule has 3 heterocycles. The van der Waals surface area contributed by atoms with Crippen LogP contribution in [0.1, 0.15) is 26.0 Å². The number of benzene rings is 1. The van der Waals surface area contributed by atoms with Crippen molar-refractivity contribution < 1.29 is 13.9 Å². The Bertz CT molecular complexity index is 1300. The number of fused-ring (bicyclic) bond motifs is 5. The van der Waals surface area contributed by atoms with Gasteiger partial charge in [0, 0.05) is 37.3 Å². The van der Waals surface area contributed by atoms with Crippen LogP contribution in [-0.4, -0.2) is 33.5 Å². The summed E-state index contributed by atoms with van der Waals surface area (Å²) in [5.41, 5.74) is -0.351. The standard InChI is InChI=1S/C20H19N3O6/c1-12(2)21-10-8-13(9-11-21)19-20-18-14(4-3-5-15(18)23(26)27)22(19)29-17(25)7-6-16(24)28-20/h3-8,12H,9-11H2,1-2H3. The van der Waals surface area contributed by atoms with Crippen molar-refractivity contribution in [3.63, 3.8) is 0 Å². The van der Waals surface area contributed by atoms with Crippen LogP contribution in [0.3, 0.4) is 0 Å². The summed E-state index contributed by atoms with van der Waals surface area (Å²) >= 11 is 0. The van der Waals surface area contributed by atoms with Crippen LogP contribution in [0.2, 0.25) is 0 Å². The number of nitro benzene ring substituents is 1. The molecule has 1 aliphatic heterocycles. The third-order valence-electron chi connectivity index (χ3n) is 5.10. The molecule has 3 aromatic rings. The van der Waals surface area contributed by atoms with Crippen molar-refractivity contribution >= 4 is 27.7 Å². The van der Waals surface area contributed by atoms with Crippen molar-refractivity contribution in [1.29, 1.82) is 0 Å². The minimum atomic E-state index is -0.803. The number of nitro groups is 1. The predicted molar refractivity (Wildman–Crippen MR) is 107 cm³/mol. The van der Waals surface area contributed by atoms with Gasteiger partial charge in [0.2, 0.25) is 0 Å². The average Bonchev–Trinajstić information content (AvgIpc) is 3.01. The van der Waals surface area contributed by atoms with E-state index in [1.54, 1.807) is 6.07 Å². The van der Waals surface area contributed by atoms with Gasteiger partial charge in [-0.25, -0.2) is 9.59 Å². The van der Waals surface area contributed by atoms with Crippen LogP contribution in [0, 0.1) is 10.1 Å². The van der Waals surface area contributed by atoms with Gasteiger partial charge in [0.1, 0.15) is 11.1 Å². The van der Waals surface area contributed by atoms with E-state index in [9.17, 15) is 19.7 Å². The quantitative estimate of drug-likeness (QED) is 0.493. The molecule has 150 valence electrons. The van der Waals surface area contributed by atoms with Crippen molar-refractivity contribution in [3.8, 4) is 0 Å². The largest absolute Gasteiger partial charge is 0.420 e. The second-order valence-corrected chi connectivity index (χ2v) is 7.13. The summed E-state index contributed by atoms with van der Waals surface area (Å²) in [5.74, 6) is 0. The molecular weight excluding hydrogens is 378 g/mol. The van der Waals surface area contributed by atoms with Gasteiger partial charge in [-0.1, -0.05) is 12.1 Å². The number of non-ortho nitro benzene ring substituents is 1. The number of aromatic nitrogens is 1. The van der Waals surface area contributed by atoms with E-state index in [1.807, 2.05) is 6.08 Å². The van der Waals surface area contributed by atoms with Crippen molar-refractivity contribution in [3.05, 3.63) is 73.1 Å². The third kappa shape index (κ3) is 3.29. The molecule has 0 saturated carbocycles. The predicted octanol–water partition coefficient (Wildman–Crippen LogP) is 2.97. The van der Waals surface area contributed by atoms with Gasteiger partial charge in [-0.05, 0) is 31.9 Å². The summed E-state index contributed by atoms with van der Waals surface area (Å²) in [6, 6.07) is 6.68. The summed E-state index contributed by atoms with van der Waals surface area (Å²) in [5, 5.41) is 11.7. The summed E-state index contributed by atoms with van der Waals surface area (Å²) in [6.07, 6.45) is 2.58. The number of nitrogens with zero attached hydrogens (tertiary/aromatic N) is 3. The molecule has 0 fully saturated rings. The van der Waals surface area contributed by atoms with Gasteiger partial charge in [0.05, 0.1) is 10.4 Å². The fourth-order valence-electron chi connectivity index (χ4n) is 3.64. The minimum absolute atomic E-state index is 0.0286.